The summed E-state index contributed by atoms with van der Waals surface area (Å²) >= 11 is 0. The van der Waals surface area contributed by atoms with Gasteiger partial charge in [0.15, 0.2) is 0 Å². The monoisotopic (exact) mass is 241 g/mol. The molecule has 0 radical (unpaired) electrons. The number of ether oxygens (including phenoxy) is 1. The normalized spacial score (nSPS) is 39.4. The molecule has 2 fully saturated rings. The zero-order valence-corrected chi connectivity index (χ0v) is 10.8. The van der Waals surface area contributed by atoms with E-state index in [2.05, 4.69) is 11.8 Å². The summed E-state index contributed by atoms with van der Waals surface area (Å²) in [6.07, 6.45) is 4.23. The third-order valence-electron chi connectivity index (χ3n) is 4.37. The molecule has 1 heterocycles. The SMILES string of the molecule is COC1CCN(C2CC(C)CCC2C(=O)O)C1. The number of hydrogen-bond donors (Lipinski definition) is 1. The minimum Gasteiger partial charge on any atom is -0.481 e. The summed E-state index contributed by atoms with van der Waals surface area (Å²) < 4.78 is 5.37. The molecule has 4 nitrogen and oxygen atoms in total. The van der Waals surface area contributed by atoms with Crippen LogP contribution in [-0.2, 0) is 9.53 Å². The summed E-state index contributed by atoms with van der Waals surface area (Å²) in [5, 5.41) is 9.32. The van der Waals surface area contributed by atoms with Crippen molar-refractivity contribution in [2.45, 2.75) is 44.8 Å². The van der Waals surface area contributed by atoms with Crippen molar-refractivity contribution in [3.05, 3.63) is 0 Å². The fraction of sp³-hybridized carbons (Fsp3) is 0.923. The van der Waals surface area contributed by atoms with E-state index in [-0.39, 0.29) is 12.0 Å². The Bertz CT molecular complexity index is 282. The second kappa shape index (κ2) is 5.36. The predicted molar refractivity (Wildman–Crippen MR) is 64.9 cm³/mol. The lowest BCUT2D eigenvalue weighted by Gasteiger charge is -2.38. The van der Waals surface area contributed by atoms with E-state index in [0.29, 0.717) is 12.0 Å². The number of carbonyl (C=O) groups is 1. The van der Waals surface area contributed by atoms with E-state index < -0.39 is 5.97 Å². The Morgan fingerprint density at radius 3 is 2.71 bits per heavy atom. The first-order valence-electron chi connectivity index (χ1n) is 6.61. The van der Waals surface area contributed by atoms with E-state index in [1.807, 2.05) is 0 Å². The molecule has 2 aliphatic rings. The summed E-state index contributed by atoms with van der Waals surface area (Å²) in [6, 6.07) is 0.219. The molecule has 1 saturated heterocycles. The molecule has 4 atom stereocenters. The van der Waals surface area contributed by atoms with Crippen LogP contribution in [0.25, 0.3) is 0 Å². The van der Waals surface area contributed by atoms with Gasteiger partial charge >= 0.3 is 5.97 Å². The molecule has 1 N–H and O–H groups in total. The number of likely N-dealkylation sites (tertiary alicyclic amines) is 1. The molecule has 1 aliphatic heterocycles. The zero-order chi connectivity index (χ0) is 12.4. The van der Waals surface area contributed by atoms with Gasteiger partial charge in [-0.15, -0.1) is 0 Å². The Labute approximate surface area is 103 Å². The highest BCUT2D eigenvalue weighted by Gasteiger charge is 2.39. The molecule has 1 saturated carbocycles. The van der Waals surface area contributed by atoms with Crippen molar-refractivity contribution in [2.75, 3.05) is 20.2 Å². The lowest BCUT2D eigenvalue weighted by atomic mass is 9.78. The van der Waals surface area contributed by atoms with Gasteiger partial charge in [0.1, 0.15) is 0 Å². The van der Waals surface area contributed by atoms with Crippen molar-refractivity contribution in [3.8, 4) is 0 Å². The van der Waals surface area contributed by atoms with Gasteiger partial charge in [-0.1, -0.05) is 6.92 Å². The lowest BCUT2D eigenvalue weighted by Crippen LogP contribution is -2.46. The number of hydrogen-bond acceptors (Lipinski definition) is 3. The molecule has 0 aromatic heterocycles. The van der Waals surface area contributed by atoms with E-state index in [1.165, 1.54) is 0 Å². The van der Waals surface area contributed by atoms with Crippen LogP contribution in [-0.4, -0.2) is 48.3 Å². The second-order valence-corrected chi connectivity index (χ2v) is 5.57. The van der Waals surface area contributed by atoms with Crippen LogP contribution in [0.4, 0.5) is 0 Å². The summed E-state index contributed by atoms with van der Waals surface area (Å²) in [5.74, 6) is -0.151. The first kappa shape index (κ1) is 12.8. The molecule has 98 valence electrons. The third-order valence-corrected chi connectivity index (χ3v) is 4.37. The van der Waals surface area contributed by atoms with Crippen LogP contribution in [0.2, 0.25) is 0 Å². The van der Waals surface area contributed by atoms with Crippen LogP contribution in [0, 0.1) is 11.8 Å². The number of carboxylic acids is 1. The summed E-state index contributed by atoms with van der Waals surface area (Å²) in [7, 11) is 1.74. The number of methoxy groups -OCH3 is 1. The molecule has 4 heteroatoms. The standard InChI is InChI=1S/C13H23NO3/c1-9-3-4-11(13(15)16)12(7-9)14-6-5-10(8-14)17-2/h9-12H,3-8H2,1-2H3,(H,15,16). The average molecular weight is 241 g/mol. The van der Waals surface area contributed by atoms with E-state index in [4.69, 9.17) is 4.74 Å². The van der Waals surface area contributed by atoms with Crippen LogP contribution in [0.15, 0.2) is 0 Å². The maximum atomic E-state index is 11.3. The molecule has 0 aromatic rings. The second-order valence-electron chi connectivity index (χ2n) is 5.57. The topological polar surface area (TPSA) is 49.8 Å². The average Bonchev–Trinajstić information content (AvgIpc) is 2.76. The third kappa shape index (κ3) is 2.80. The first-order chi connectivity index (χ1) is 8.11. The molecule has 2 rings (SSSR count). The van der Waals surface area contributed by atoms with E-state index in [1.54, 1.807) is 7.11 Å². The zero-order valence-electron chi connectivity index (χ0n) is 10.8. The Morgan fingerprint density at radius 2 is 2.12 bits per heavy atom. The van der Waals surface area contributed by atoms with Crippen molar-refractivity contribution < 1.29 is 14.6 Å². The van der Waals surface area contributed by atoms with Gasteiger partial charge in [0.2, 0.25) is 0 Å². The van der Waals surface area contributed by atoms with Gasteiger partial charge in [-0.2, -0.15) is 0 Å². The fourth-order valence-corrected chi connectivity index (χ4v) is 3.29. The number of nitrogens with zero attached hydrogens (tertiary/aromatic N) is 1. The van der Waals surface area contributed by atoms with Crippen LogP contribution in [0.1, 0.15) is 32.6 Å². The smallest absolute Gasteiger partial charge is 0.308 e. The summed E-state index contributed by atoms with van der Waals surface area (Å²) in [5.41, 5.74) is 0. The van der Waals surface area contributed by atoms with E-state index >= 15 is 0 Å². The number of carboxylic acid groups (broad SMARTS) is 1. The molecular formula is C13H23NO3. The van der Waals surface area contributed by atoms with Crippen molar-refractivity contribution >= 4 is 5.97 Å². The van der Waals surface area contributed by atoms with Crippen LogP contribution < -0.4 is 0 Å². The van der Waals surface area contributed by atoms with Gasteiger partial charge in [-0.25, -0.2) is 0 Å². The minimum absolute atomic E-state index is 0.179. The Balaban J connectivity index is 2.02. The fourth-order valence-electron chi connectivity index (χ4n) is 3.29. The number of aliphatic carboxylic acids is 1. The molecule has 0 spiro atoms. The highest BCUT2D eigenvalue weighted by atomic mass is 16.5. The van der Waals surface area contributed by atoms with Crippen LogP contribution >= 0.6 is 0 Å². The highest BCUT2D eigenvalue weighted by Crippen LogP contribution is 2.34. The Hall–Kier alpha value is -0.610. The summed E-state index contributed by atoms with van der Waals surface area (Å²) in [6.45, 7) is 4.12. The molecule has 0 amide bonds. The first-order valence-corrected chi connectivity index (χ1v) is 6.61. The molecule has 17 heavy (non-hydrogen) atoms. The van der Waals surface area contributed by atoms with Crippen molar-refractivity contribution in [3.63, 3.8) is 0 Å². The van der Waals surface area contributed by atoms with Gasteiger partial charge < -0.3 is 9.84 Å². The molecule has 4 unspecified atom stereocenters. The van der Waals surface area contributed by atoms with Crippen LogP contribution in [0.3, 0.4) is 0 Å². The van der Waals surface area contributed by atoms with Crippen molar-refractivity contribution in [1.29, 1.82) is 0 Å². The molecule has 1 aliphatic carbocycles. The van der Waals surface area contributed by atoms with Crippen molar-refractivity contribution in [1.82, 2.24) is 4.90 Å². The van der Waals surface area contributed by atoms with Crippen LogP contribution in [0.5, 0.6) is 0 Å². The highest BCUT2D eigenvalue weighted by molar-refractivity contribution is 5.71. The largest absolute Gasteiger partial charge is 0.481 e. The molecule has 0 bridgehead atoms. The Morgan fingerprint density at radius 1 is 1.35 bits per heavy atom. The maximum absolute atomic E-state index is 11.3. The van der Waals surface area contributed by atoms with E-state index in [0.717, 1.165) is 38.8 Å². The van der Waals surface area contributed by atoms with Crippen molar-refractivity contribution in [2.24, 2.45) is 11.8 Å². The number of rotatable bonds is 3. The van der Waals surface area contributed by atoms with Gasteiger partial charge in [0, 0.05) is 26.2 Å². The van der Waals surface area contributed by atoms with E-state index in [9.17, 15) is 9.90 Å². The molecular weight excluding hydrogens is 218 g/mol. The Kier molecular flexibility index (Phi) is 4.05. The lowest BCUT2D eigenvalue weighted by molar-refractivity contribution is -0.146. The summed E-state index contributed by atoms with van der Waals surface area (Å²) in [4.78, 5) is 13.7. The van der Waals surface area contributed by atoms with Gasteiger partial charge in [-0.3, -0.25) is 9.69 Å². The molecule has 0 aromatic carbocycles. The van der Waals surface area contributed by atoms with Gasteiger partial charge in [-0.05, 0) is 31.6 Å². The predicted octanol–water partition coefficient (Wildman–Crippen LogP) is 1.60. The quantitative estimate of drug-likeness (QED) is 0.815. The minimum atomic E-state index is -0.622. The maximum Gasteiger partial charge on any atom is 0.308 e. The van der Waals surface area contributed by atoms with Gasteiger partial charge in [0.05, 0.1) is 12.0 Å². The van der Waals surface area contributed by atoms with Gasteiger partial charge in [0.25, 0.3) is 0 Å².